The topological polar surface area (TPSA) is 91.7 Å². The van der Waals surface area contributed by atoms with Gasteiger partial charge in [-0.15, -0.1) is 0 Å². The highest BCUT2D eigenvalue weighted by atomic mass is 15.4. The molecular weight excluding hydrogens is 228 g/mol. The third kappa shape index (κ3) is 2.57. The van der Waals surface area contributed by atoms with Crippen LogP contribution in [-0.4, -0.2) is 28.9 Å². The van der Waals surface area contributed by atoms with Gasteiger partial charge in [-0.05, 0) is 12.3 Å². The van der Waals surface area contributed by atoms with Crippen LogP contribution in [0.1, 0.15) is 25.8 Å². The highest BCUT2D eigenvalue weighted by Gasteiger charge is 2.22. The Morgan fingerprint density at radius 2 is 2.33 bits per heavy atom. The van der Waals surface area contributed by atoms with Gasteiger partial charge in [-0.25, -0.2) is 4.68 Å². The largest absolute Gasteiger partial charge is 0.383 e. The van der Waals surface area contributed by atoms with E-state index in [0.717, 1.165) is 26.1 Å². The van der Waals surface area contributed by atoms with Crippen LogP contribution >= 0.6 is 0 Å². The predicted octanol–water partition coefficient (Wildman–Crippen LogP) is 0.767. The lowest BCUT2D eigenvalue weighted by molar-refractivity contribution is 0.467. The maximum absolute atomic E-state index is 9.15. The molecule has 0 unspecified atom stereocenters. The number of hydrogen-bond donors (Lipinski definition) is 3. The fourth-order valence-electron chi connectivity index (χ4n) is 1.82. The fourth-order valence-corrected chi connectivity index (χ4v) is 1.82. The number of nitrogens with zero attached hydrogens (tertiary/aromatic N) is 3. The molecule has 0 spiro atoms. The molecule has 1 aliphatic heterocycles. The second-order valence-electron chi connectivity index (χ2n) is 5.13. The highest BCUT2D eigenvalue weighted by Crippen LogP contribution is 2.22. The van der Waals surface area contributed by atoms with E-state index in [4.69, 9.17) is 11.0 Å². The molecule has 0 saturated carbocycles. The van der Waals surface area contributed by atoms with Gasteiger partial charge in [0.15, 0.2) is 5.82 Å². The molecule has 0 bridgehead atoms. The number of nitriles is 1. The summed E-state index contributed by atoms with van der Waals surface area (Å²) in [4.78, 5) is 0. The predicted molar refractivity (Wildman–Crippen MR) is 71.1 cm³/mol. The summed E-state index contributed by atoms with van der Waals surface area (Å²) in [6.45, 7) is 6.88. The van der Waals surface area contributed by atoms with Gasteiger partial charge in [0.1, 0.15) is 17.5 Å². The maximum atomic E-state index is 9.15. The third-order valence-corrected chi connectivity index (χ3v) is 3.14. The molecule has 0 aliphatic carbocycles. The smallest absolute Gasteiger partial charge is 0.168 e. The van der Waals surface area contributed by atoms with Crippen molar-refractivity contribution in [2.45, 2.75) is 32.9 Å². The molecular formula is C12H20N6. The number of aryl methyl sites for hydroxylation is 1. The van der Waals surface area contributed by atoms with Gasteiger partial charge < -0.3 is 16.4 Å². The number of nitrogen functional groups attached to an aromatic ring is 1. The Balaban J connectivity index is 2.13. The van der Waals surface area contributed by atoms with E-state index < -0.39 is 0 Å². The van der Waals surface area contributed by atoms with E-state index in [-0.39, 0.29) is 0 Å². The fraction of sp³-hybridized carbons (Fsp3) is 0.667. The van der Waals surface area contributed by atoms with Crippen molar-refractivity contribution >= 4 is 11.6 Å². The summed E-state index contributed by atoms with van der Waals surface area (Å²) in [6.07, 6.45) is 1.00. The molecule has 18 heavy (non-hydrogen) atoms. The minimum atomic E-state index is 0.352. The van der Waals surface area contributed by atoms with E-state index in [2.05, 4.69) is 35.6 Å². The first-order chi connectivity index (χ1) is 8.61. The van der Waals surface area contributed by atoms with Gasteiger partial charge in [0, 0.05) is 19.6 Å². The zero-order valence-electron chi connectivity index (χ0n) is 10.9. The van der Waals surface area contributed by atoms with Gasteiger partial charge >= 0.3 is 0 Å². The van der Waals surface area contributed by atoms with Crippen LogP contribution in [0.15, 0.2) is 0 Å². The number of aromatic nitrogens is 2. The third-order valence-electron chi connectivity index (χ3n) is 3.14. The zero-order valence-corrected chi connectivity index (χ0v) is 10.9. The molecule has 0 amide bonds. The van der Waals surface area contributed by atoms with Gasteiger partial charge in [-0.2, -0.15) is 10.4 Å². The molecule has 6 nitrogen and oxygen atoms in total. The quantitative estimate of drug-likeness (QED) is 0.715. The van der Waals surface area contributed by atoms with Crippen molar-refractivity contribution in [1.29, 1.82) is 5.26 Å². The summed E-state index contributed by atoms with van der Waals surface area (Å²) in [5.41, 5.74) is 6.42. The van der Waals surface area contributed by atoms with Crippen molar-refractivity contribution in [3.05, 3.63) is 5.56 Å². The second-order valence-corrected chi connectivity index (χ2v) is 5.13. The van der Waals surface area contributed by atoms with Crippen molar-refractivity contribution in [1.82, 2.24) is 15.1 Å². The molecule has 0 radical (unpaired) electrons. The average molecular weight is 248 g/mol. The Morgan fingerprint density at radius 3 is 2.83 bits per heavy atom. The van der Waals surface area contributed by atoms with Crippen molar-refractivity contribution in [2.75, 3.05) is 24.1 Å². The number of hydrogen-bond acceptors (Lipinski definition) is 5. The van der Waals surface area contributed by atoms with Gasteiger partial charge in [0.25, 0.3) is 0 Å². The molecule has 0 aromatic carbocycles. The summed E-state index contributed by atoms with van der Waals surface area (Å²) in [5, 5.41) is 20.0. The first-order valence-electron chi connectivity index (χ1n) is 6.35. The SMILES string of the molecule is CC(C)CCn1nc(NC2CNC2)c(C#N)c1N. The number of rotatable bonds is 5. The Labute approximate surface area is 107 Å². The molecule has 98 valence electrons. The molecule has 1 aliphatic rings. The highest BCUT2D eigenvalue weighted by molar-refractivity contribution is 5.64. The van der Waals surface area contributed by atoms with Crippen molar-refractivity contribution in [2.24, 2.45) is 5.92 Å². The van der Waals surface area contributed by atoms with Gasteiger partial charge in [-0.3, -0.25) is 0 Å². The normalized spacial score (nSPS) is 15.4. The Bertz CT molecular complexity index is 452. The molecule has 1 saturated heterocycles. The van der Waals surface area contributed by atoms with Crippen LogP contribution in [0.25, 0.3) is 0 Å². The lowest BCUT2D eigenvalue weighted by Gasteiger charge is -2.27. The Morgan fingerprint density at radius 1 is 1.61 bits per heavy atom. The molecule has 4 N–H and O–H groups in total. The van der Waals surface area contributed by atoms with Crippen LogP contribution in [0.2, 0.25) is 0 Å². The molecule has 6 heteroatoms. The number of anilines is 2. The van der Waals surface area contributed by atoms with E-state index in [1.54, 1.807) is 4.68 Å². The van der Waals surface area contributed by atoms with Gasteiger partial charge in [0.05, 0.1) is 6.04 Å². The number of nitrogens with one attached hydrogen (secondary N) is 2. The average Bonchev–Trinajstić information content (AvgIpc) is 2.57. The van der Waals surface area contributed by atoms with Crippen LogP contribution in [0, 0.1) is 17.2 Å². The van der Waals surface area contributed by atoms with Gasteiger partial charge in [-0.1, -0.05) is 13.8 Å². The van der Waals surface area contributed by atoms with E-state index in [1.807, 2.05) is 0 Å². The molecule has 1 aromatic heterocycles. The second kappa shape index (κ2) is 5.27. The van der Waals surface area contributed by atoms with Crippen LogP contribution < -0.4 is 16.4 Å². The number of nitrogens with two attached hydrogens (primary N) is 1. The standard InChI is InChI=1S/C12H20N6/c1-8(2)3-4-18-11(14)10(5-13)12(17-18)16-9-6-15-7-9/h8-9,15H,3-4,6-7,14H2,1-2H3,(H,16,17). The van der Waals surface area contributed by atoms with Crippen LogP contribution in [0.4, 0.5) is 11.6 Å². The lowest BCUT2D eigenvalue weighted by atomic mass is 10.1. The van der Waals surface area contributed by atoms with Crippen LogP contribution in [-0.2, 0) is 6.54 Å². The summed E-state index contributed by atoms with van der Waals surface area (Å²) >= 11 is 0. The Kier molecular flexibility index (Phi) is 3.72. The lowest BCUT2D eigenvalue weighted by Crippen LogP contribution is -2.51. The minimum Gasteiger partial charge on any atom is -0.383 e. The summed E-state index contributed by atoms with van der Waals surface area (Å²) in [6, 6.07) is 2.49. The molecule has 2 heterocycles. The first-order valence-corrected chi connectivity index (χ1v) is 6.35. The molecule has 2 rings (SSSR count). The molecule has 1 aromatic rings. The van der Waals surface area contributed by atoms with E-state index >= 15 is 0 Å². The Hall–Kier alpha value is -1.74. The summed E-state index contributed by atoms with van der Waals surface area (Å²) in [5.74, 6) is 1.67. The first kappa shape index (κ1) is 12.7. The van der Waals surface area contributed by atoms with Crippen LogP contribution in [0.5, 0.6) is 0 Å². The van der Waals surface area contributed by atoms with Crippen molar-refractivity contribution in [3.63, 3.8) is 0 Å². The van der Waals surface area contributed by atoms with Gasteiger partial charge in [0.2, 0.25) is 0 Å². The van der Waals surface area contributed by atoms with E-state index in [1.165, 1.54) is 0 Å². The van der Waals surface area contributed by atoms with Crippen molar-refractivity contribution in [3.8, 4) is 6.07 Å². The monoisotopic (exact) mass is 248 g/mol. The van der Waals surface area contributed by atoms with Crippen molar-refractivity contribution < 1.29 is 0 Å². The van der Waals surface area contributed by atoms with E-state index in [0.29, 0.717) is 29.2 Å². The summed E-state index contributed by atoms with van der Waals surface area (Å²) < 4.78 is 1.73. The van der Waals surface area contributed by atoms with Crippen LogP contribution in [0.3, 0.4) is 0 Å². The molecule has 1 fully saturated rings. The van der Waals surface area contributed by atoms with E-state index in [9.17, 15) is 0 Å². The molecule has 0 atom stereocenters. The minimum absolute atomic E-state index is 0.352. The zero-order chi connectivity index (χ0) is 13.1. The summed E-state index contributed by atoms with van der Waals surface area (Å²) in [7, 11) is 0. The maximum Gasteiger partial charge on any atom is 0.168 e.